The van der Waals surface area contributed by atoms with Crippen LogP contribution in [-0.4, -0.2) is 48.1 Å². The van der Waals surface area contributed by atoms with E-state index in [0.717, 1.165) is 13.0 Å². The molecule has 1 aliphatic carbocycles. The van der Waals surface area contributed by atoms with E-state index in [4.69, 9.17) is 0 Å². The van der Waals surface area contributed by atoms with Crippen molar-refractivity contribution in [3.05, 3.63) is 0 Å². The predicted octanol–water partition coefficient (Wildman–Crippen LogP) is 3.21. The van der Waals surface area contributed by atoms with Crippen molar-refractivity contribution in [3.8, 4) is 0 Å². The van der Waals surface area contributed by atoms with Crippen LogP contribution in [0.25, 0.3) is 0 Å². The van der Waals surface area contributed by atoms with Crippen molar-refractivity contribution in [1.29, 1.82) is 0 Å². The van der Waals surface area contributed by atoms with E-state index < -0.39 is 0 Å². The Morgan fingerprint density at radius 2 is 1.60 bits per heavy atom. The van der Waals surface area contributed by atoms with Crippen LogP contribution in [0, 0.1) is 5.92 Å². The lowest BCUT2D eigenvalue weighted by atomic mass is 9.79. The van der Waals surface area contributed by atoms with Crippen molar-refractivity contribution < 1.29 is 4.79 Å². The molecule has 4 aliphatic rings. The largest absolute Gasteiger partial charge is 0.354 e. The molecular weight excluding hydrogens is 310 g/mol. The fourth-order valence-electron chi connectivity index (χ4n) is 6.12. The molecule has 2 N–H and O–H groups in total. The minimum atomic E-state index is 0.265. The van der Waals surface area contributed by atoms with E-state index in [1.54, 1.807) is 0 Å². The summed E-state index contributed by atoms with van der Waals surface area (Å²) < 4.78 is 0. The second-order valence-corrected chi connectivity index (χ2v) is 9.29. The Morgan fingerprint density at radius 3 is 2.28 bits per heavy atom. The number of hydrogen-bond donors (Lipinski definition) is 2. The normalized spacial score (nSPS) is 35.4. The van der Waals surface area contributed by atoms with Gasteiger partial charge in [-0.15, -0.1) is 0 Å². The fraction of sp³-hybridized carbons (Fsp3) is 0.952. The minimum Gasteiger partial charge on any atom is -0.354 e. The summed E-state index contributed by atoms with van der Waals surface area (Å²) in [6.07, 6.45) is 16.5. The number of rotatable bonds is 5. The van der Waals surface area contributed by atoms with E-state index in [2.05, 4.69) is 15.5 Å². The Hall–Kier alpha value is -0.610. The molecule has 0 radical (unpaired) electrons. The van der Waals surface area contributed by atoms with Crippen molar-refractivity contribution in [3.63, 3.8) is 0 Å². The molecule has 4 fully saturated rings. The van der Waals surface area contributed by atoms with Crippen molar-refractivity contribution >= 4 is 5.91 Å². The summed E-state index contributed by atoms with van der Waals surface area (Å²) in [5.74, 6) is 0.921. The maximum Gasteiger partial charge on any atom is 0.220 e. The molecule has 4 rings (SSSR count). The van der Waals surface area contributed by atoms with Crippen molar-refractivity contribution in [2.24, 2.45) is 5.92 Å². The Labute approximate surface area is 153 Å². The maximum absolute atomic E-state index is 12.7. The van der Waals surface area contributed by atoms with Crippen molar-refractivity contribution in [2.45, 2.75) is 101 Å². The number of hydrogen-bond acceptors (Lipinski definition) is 3. The molecule has 0 aromatic heterocycles. The van der Waals surface area contributed by atoms with Gasteiger partial charge >= 0.3 is 0 Å². The van der Waals surface area contributed by atoms with Gasteiger partial charge in [-0.1, -0.05) is 25.7 Å². The van der Waals surface area contributed by atoms with E-state index in [0.29, 0.717) is 23.9 Å². The molecule has 3 aliphatic heterocycles. The lowest BCUT2D eigenvalue weighted by Gasteiger charge is -2.48. The van der Waals surface area contributed by atoms with Crippen LogP contribution in [0.2, 0.25) is 0 Å². The molecule has 0 aromatic carbocycles. The highest BCUT2D eigenvalue weighted by Gasteiger charge is 2.39. The van der Waals surface area contributed by atoms with Gasteiger partial charge in [0.15, 0.2) is 0 Å². The maximum atomic E-state index is 12.7. The first kappa shape index (κ1) is 17.8. The summed E-state index contributed by atoms with van der Waals surface area (Å²) in [5, 5.41) is 7.07. The highest BCUT2D eigenvalue weighted by atomic mass is 16.1. The van der Waals surface area contributed by atoms with Gasteiger partial charge in [-0.3, -0.25) is 9.69 Å². The first-order valence-corrected chi connectivity index (χ1v) is 11.0. The number of amides is 1. The van der Waals surface area contributed by atoms with Crippen LogP contribution in [0.1, 0.15) is 83.5 Å². The first-order valence-electron chi connectivity index (χ1n) is 11.0. The van der Waals surface area contributed by atoms with Gasteiger partial charge in [-0.2, -0.15) is 0 Å². The number of fused-ring (bicyclic) bond motifs is 2. The third kappa shape index (κ3) is 4.21. The number of carbonyl (C=O) groups is 1. The third-order valence-corrected chi connectivity index (χ3v) is 7.47. The van der Waals surface area contributed by atoms with E-state index in [1.807, 2.05) is 0 Å². The fourth-order valence-corrected chi connectivity index (χ4v) is 6.12. The molecule has 3 saturated heterocycles. The quantitative estimate of drug-likeness (QED) is 0.803. The molecule has 2 unspecified atom stereocenters. The number of piperidine rings is 2. The standard InChI is InChI=1S/C21H37N3O/c25-20(15-17-13-18-7-8-19(14-17)23-18)22-16-21(9-3-1-4-10-21)24-11-5-2-6-12-24/h17-19,23H,1-16H2,(H,22,25). The van der Waals surface area contributed by atoms with Gasteiger partial charge in [-0.25, -0.2) is 0 Å². The molecule has 3 heterocycles. The molecule has 0 aromatic rings. The van der Waals surface area contributed by atoms with Gasteiger partial charge in [0.05, 0.1) is 0 Å². The second kappa shape index (κ2) is 7.96. The lowest BCUT2D eigenvalue weighted by Crippen LogP contribution is -2.58. The average Bonchev–Trinajstić information content (AvgIpc) is 3.00. The van der Waals surface area contributed by atoms with Gasteiger partial charge in [0.2, 0.25) is 5.91 Å². The van der Waals surface area contributed by atoms with Crippen LogP contribution < -0.4 is 10.6 Å². The molecule has 4 nitrogen and oxygen atoms in total. The van der Waals surface area contributed by atoms with Crippen LogP contribution in [0.3, 0.4) is 0 Å². The zero-order chi connectivity index (χ0) is 17.1. The number of nitrogens with zero attached hydrogens (tertiary/aromatic N) is 1. The predicted molar refractivity (Wildman–Crippen MR) is 102 cm³/mol. The Bertz CT molecular complexity index is 442. The Morgan fingerprint density at radius 1 is 0.960 bits per heavy atom. The molecule has 1 amide bonds. The number of likely N-dealkylation sites (tertiary alicyclic amines) is 1. The number of nitrogens with one attached hydrogen (secondary N) is 2. The number of carbonyl (C=O) groups excluding carboxylic acids is 1. The van der Waals surface area contributed by atoms with Crippen LogP contribution in [0.15, 0.2) is 0 Å². The Kier molecular flexibility index (Phi) is 5.66. The molecule has 4 heteroatoms. The summed E-state index contributed by atoms with van der Waals surface area (Å²) in [6, 6.07) is 1.38. The van der Waals surface area contributed by atoms with Gasteiger partial charge in [0.25, 0.3) is 0 Å². The zero-order valence-corrected chi connectivity index (χ0v) is 15.9. The summed E-state index contributed by atoms with van der Waals surface area (Å²) >= 11 is 0. The van der Waals surface area contributed by atoms with E-state index in [9.17, 15) is 4.79 Å². The molecule has 1 saturated carbocycles. The zero-order valence-electron chi connectivity index (χ0n) is 15.9. The van der Waals surface area contributed by atoms with Gasteiger partial charge in [-0.05, 0) is 70.4 Å². The first-order chi connectivity index (χ1) is 12.2. The van der Waals surface area contributed by atoms with E-state index in [-0.39, 0.29) is 5.54 Å². The molecule has 2 atom stereocenters. The summed E-state index contributed by atoms with van der Waals surface area (Å²) in [5.41, 5.74) is 0.265. The van der Waals surface area contributed by atoms with Crippen LogP contribution >= 0.6 is 0 Å². The Balaban J connectivity index is 1.30. The summed E-state index contributed by atoms with van der Waals surface area (Å²) in [4.78, 5) is 15.4. The highest BCUT2D eigenvalue weighted by molar-refractivity contribution is 5.76. The van der Waals surface area contributed by atoms with Crippen molar-refractivity contribution in [1.82, 2.24) is 15.5 Å². The smallest absolute Gasteiger partial charge is 0.220 e. The topological polar surface area (TPSA) is 44.4 Å². The molecule has 25 heavy (non-hydrogen) atoms. The van der Waals surface area contributed by atoms with E-state index in [1.165, 1.54) is 90.1 Å². The van der Waals surface area contributed by atoms with Crippen LogP contribution in [-0.2, 0) is 4.79 Å². The summed E-state index contributed by atoms with van der Waals surface area (Å²) in [6.45, 7) is 3.38. The highest BCUT2D eigenvalue weighted by Crippen LogP contribution is 2.36. The average molecular weight is 348 g/mol. The van der Waals surface area contributed by atoms with Crippen LogP contribution in [0.4, 0.5) is 0 Å². The lowest BCUT2D eigenvalue weighted by molar-refractivity contribution is -0.123. The molecule has 0 spiro atoms. The molecule has 142 valence electrons. The monoisotopic (exact) mass is 347 g/mol. The second-order valence-electron chi connectivity index (χ2n) is 9.29. The van der Waals surface area contributed by atoms with Crippen LogP contribution in [0.5, 0.6) is 0 Å². The SMILES string of the molecule is O=C(CC1CC2CCC(C1)N2)NCC1(N2CCCCC2)CCCCC1. The molecular formula is C21H37N3O. The van der Waals surface area contributed by atoms with Gasteiger partial charge in [0.1, 0.15) is 0 Å². The third-order valence-electron chi connectivity index (χ3n) is 7.47. The molecule has 2 bridgehead atoms. The van der Waals surface area contributed by atoms with Gasteiger partial charge < -0.3 is 10.6 Å². The van der Waals surface area contributed by atoms with Crippen molar-refractivity contribution in [2.75, 3.05) is 19.6 Å². The minimum absolute atomic E-state index is 0.265. The van der Waals surface area contributed by atoms with Gasteiger partial charge in [0, 0.05) is 30.6 Å². The van der Waals surface area contributed by atoms with E-state index >= 15 is 0 Å². The summed E-state index contributed by atoms with van der Waals surface area (Å²) in [7, 11) is 0.